The second-order valence-electron chi connectivity index (χ2n) is 4.65. The summed E-state index contributed by atoms with van der Waals surface area (Å²) >= 11 is 3.54. The molecule has 0 aliphatic carbocycles. The lowest BCUT2D eigenvalue weighted by Crippen LogP contribution is -2.11. The van der Waals surface area contributed by atoms with Crippen LogP contribution in [0.3, 0.4) is 0 Å². The number of nitrogens with one attached hydrogen (secondary N) is 1. The lowest BCUT2D eigenvalue weighted by atomic mass is 10.1. The third kappa shape index (κ3) is 3.57. The molecule has 0 aliphatic rings. The number of unbranched alkanes of at least 4 members (excludes halogenated alkanes) is 2. The maximum Gasteiger partial charge on any atom is 0.224 e. The Morgan fingerprint density at radius 2 is 1.84 bits per heavy atom. The Morgan fingerprint density at radius 3 is 2.58 bits per heavy atom. The van der Waals surface area contributed by atoms with Crippen LogP contribution in [0.2, 0.25) is 0 Å². The molecule has 0 atom stereocenters. The van der Waals surface area contributed by atoms with Gasteiger partial charge in [-0.15, -0.1) is 0 Å². The molecule has 1 N–H and O–H groups in total. The minimum atomic E-state index is 0.0981. The number of carbonyl (C=O) groups excluding carboxylic acids is 1. The van der Waals surface area contributed by atoms with Crippen molar-refractivity contribution in [1.29, 1.82) is 0 Å². The summed E-state index contributed by atoms with van der Waals surface area (Å²) in [6, 6.07) is 12.0. The van der Waals surface area contributed by atoms with Gasteiger partial charge in [0.1, 0.15) is 0 Å². The van der Waals surface area contributed by atoms with Crippen LogP contribution in [0, 0.1) is 0 Å². The molecule has 100 valence electrons. The number of fused-ring (bicyclic) bond motifs is 1. The lowest BCUT2D eigenvalue weighted by molar-refractivity contribution is -0.116. The highest BCUT2D eigenvalue weighted by molar-refractivity contribution is 9.10. The summed E-state index contributed by atoms with van der Waals surface area (Å²) in [5.41, 5.74) is 0.889. The van der Waals surface area contributed by atoms with Gasteiger partial charge in [-0.3, -0.25) is 4.79 Å². The van der Waals surface area contributed by atoms with E-state index in [9.17, 15) is 4.79 Å². The molecule has 0 unspecified atom stereocenters. The molecular formula is C16H18BrNO. The van der Waals surface area contributed by atoms with E-state index in [-0.39, 0.29) is 5.91 Å². The molecule has 0 bridgehead atoms. The number of amides is 1. The molecule has 0 radical (unpaired) electrons. The largest absolute Gasteiger partial charge is 0.326 e. The number of anilines is 1. The number of benzene rings is 2. The van der Waals surface area contributed by atoms with Crippen LogP contribution in [0.4, 0.5) is 5.69 Å². The van der Waals surface area contributed by atoms with Crippen molar-refractivity contribution >= 4 is 38.3 Å². The summed E-state index contributed by atoms with van der Waals surface area (Å²) < 4.78 is 1.05. The van der Waals surface area contributed by atoms with E-state index >= 15 is 0 Å². The van der Waals surface area contributed by atoms with E-state index < -0.39 is 0 Å². The fourth-order valence-corrected chi connectivity index (χ4v) is 2.60. The number of halogens is 1. The highest BCUT2D eigenvalue weighted by Crippen LogP contribution is 2.30. The van der Waals surface area contributed by atoms with Crippen molar-refractivity contribution in [1.82, 2.24) is 0 Å². The van der Waals surface area contributed by atoms with Crippen molar-refractivity contribution in [2.75, 3.05) is 5.32 Å². The first-order chi connectivity index (χ1) is 9.22. The minimum absolute atomic E-state index is 0.0981. The molecule has 2 aromatic rings. The van der Waals surface area contributed by atoms with Crippen LogP contribution in [0.1, 0.15) is 32.6 Å². The van der Waals surface area contributed by atoms with Gasteiger partial charge in [-0.1, -0.05) is 60.0 Å². The SMILES string of the molecule is CCCCCC(=O)Nc1ccc(Br)c2ccccc12. The first kappa shape index (κ1) is 14.1. The van der Waals surface area contributed by atoms with Gasteiger partial charge in [0.2, 0.25) is 5.91 Å². The Balaban J connectivity index is 2.17. The second kappa shape index (κ2) is 6.71. The van der Waals surface area contributed by atoms with Crippen LogP contribution < -0.4 is 5.32 Å². The van der Waals surface area contributed by atoms with Crippen LogP contribution in [0.5, 0.6) is 0 Å². The molecule has 2 aromatic carbocycles. The van der Waals surface area contributed by atoms with E-state index in [1.165, 1.54) is 0 Å². The van der Waals surface area contributed by atoms with Gasteiger partial charge in [0.15, 0.2) is 0 Å². The zero-order valence-electron chi connectivity index (χ0n) is 11.1. The molecule has 1 amide bonds. The highest BCUT2D eigenvalue weighted by Gasteiger charge is 2.07. The normalized spacial score (nSPS) is 10.6. The molecular weight excluding hydrogens is 302 g/mol. The van der Waals surface area contributed by atoms with E-state index in [2.05, 4.69) is 28.2 Å². The van der Waals surface area contributed by atoms with E-state index in [1.54, 1.807) is 0 Å². The Labute approximate surface area is 122 Å². The quantitative estimate of drug-likeness (QED) is 0.761. The molecule has 2 nitrogen and oxygen atoms in total. The molecule has 0 fully saturated rings. The average Bonchev–Trinajstić information content (AvgIpc) is 2.43. The maximum absolute atomic E-state index is 11.9. The summed E-state index contributed by atoms with van der Waals surface area (Å²) in [5, 5.41) is 5.20. The van der Waals surface area contributed by atoms with Crippen molar-refractivity contribution in [3.05, 3.63) is 40.9 Å². The van der Waals surface area contributed by atoms with Crippen molar-refractivity contribution in [2.45, 2.75) is 32.6 Å². The van der Waals surface area contributed by atoms with Gasteiger partial charge in [-0.05, 0) is 23.9 Å². The van der Waals surface area contributed by atoms with Crippen LogP contribution in [-0.4, -0.2) is 5.91 Å². The van der Waals surface area contributed by atoms with Gasteiger partial charge >= 0.3 is 0 Å². The smallest absolute Gasteiger partial charge is 0.224 e. The molecule has 3 heteroatoms. The zero-order valence-corrected chi connectivity index (χ0v) is 12.7. The van der Waals surface area contributed by atoms with Gasteiger partial charge in [0.25, 0.3) is 0 Å². The van der Waals surface area contributed by atoms with Crippen LogP contribution in [-0.2, 0) is 4.79 Å². The Kier molecular flexibility index (Phi) is 4.97. The summed E-state index contributed by atoms with van der Waals surface area (Å²) in [7, 11) is 0. The summed E-state index contributed by atoms with van der Waals surface area (Å²) in [4.78, 5) is 11.9. The van der Waals surface area contributed by atoms with Crippen LogP contribution >= 0.6 is 15.9 Å². The molecule has 0 saturated carbocycles. The predicted molar refractivity (Wildman–Crippen MR) is 84.4 cm³/mol. The van der Waals surface area contributed by atoms with E-state index in [4.69, 9.17) is 0 Å². The lowest BCUT2D eigenvalue weighted by Gasteiger charge is -2.10. The molecule has 0 aromatic heterocycles. The Bertz CT molecular complexity index is 580. The summed E-state index contributed by atoms with van der Waals surface area (Å²) in [5.74, 6) is 0.0981. The van der Waals surface area contributed by atoms with Crippen LogP contribution in [0.15, 0.2) is 40.9 Å². The standard InChI is InChI=1S/C16H18BrNO/c1-2-3-4-9-16(19)18-15-11-10-14(17)12-7-5-6-8-13(12)15/h5-8,10-11H,2-4,9H2,1H3,(H,18,19). The molecule has 0 aliphatic heterocycles. The van der Waals surface area contributed by atoms with Gasteiger partial charge in [-0.2, -0.15) is 0 Å². The minimum Gasteiger partial charge on any atom is -0.326 e. The number of hydrogen-bond acceptors (Lipinski definition) is 1. The van der Waals surface area contributed by atoms with Gasteiger partial charge in [0.05, 0.1) is 0 Å². The van der Waals surface area contributed by atoms with E-state index in [0.29, 0.717) is 6.42 Å². The molecule has 19 heavy (non-hydrogen) atoms. The number of carbonyl (C=O) groups is 1. The van der Waals surface area contributed by atoms with Crippen molar-refractivity contribution in [2.24, 2.45) is 0 Å². The van der Waals surface area contributed by atoms with Crippen LogP contribution in [0.25, 0.3) is 10.8 Å². The fourth-order valence-electron chi connectivity index (χ4n) is 2.12. The monoisotopic (exact) mass is 319 g/mol. The van der Waals surface area contributed by atoms with Gasteiger partial charge in [0, 0.05) is 22.0 Å². The maximum atomic E-state index is 11.9. The Hall–Kier alpha value is -1.35. The van der Waals surface area contributed by atoms with Crippen molar-refractivity contribution in [3.8, 4) is 0 Å². The highest BCUT2D eigenvalue weighted by atomic mass is 79.9. The summed E-state index contributed by atoms with van der Waals surface area (Å²) in [6.45, 7) is 2.14. The van der Waals surface area contributed by atoms with Gasteiger partial charge < -0.3 is 5.32 Å². The zero-order chi connectivity index (χ0) is 13.7. The first-order valence-electron chi connectivity index (χ1n) is 6.69. The first-order valence-corrected chi connectivity index (χ1v) is 7.48. The topological polar surface area (TPSA) is 29.1 Å². The van der Waals surface area contributed by atoms with Gasteiger partial charge in [-0.25, -0.2) is 0 Å². The third-order valence-electron chi connectivity index (χ3n) is 3.15. The van der Waals surface area contributed by atoms with E-state index in [1.807, 2.05) is 36.4 Å². The average molecular weight is 320 g/mol. The van der Waals surface area contributed by atoms with E-state index in [0.717, 1.165) is 40.2 Å². The molecule has 2 rings (SSSR count). The fraction of sp³-hybridized carbons (Fsp3) is 0.312. The van der Waals surface area contributed by atoms with Crippen molar-refractivity contribution in [3.63, 3.8) is 0 Å². The third-order valence-corrected chi connectivity index (χ3v) is 3.84. The molecule has 0 saturated heterocycles. The molecule has 0 heterocycles. The Morgan fingerprint density at radius 1 is 1.11 bits per heavy atom. The molecule has 0 spiro atoms. The number of hydrogen-bond donors (Lipinski definition) is 1. The number of rotatable bonds is 5. The summed E-state index contributed by atoms with van der Waals surface area (Å²) in [6.07, 6.45) is 3.79. The second-order valence-corrected chi connectivity index (χ2v) is 5.50. The van der Waals surface area contributed by atoms with Crippen molar-refractivity contribution < 1.29 is 4.79 Å². The predicted octanol–water partition coefficient (Wildman–Crippen LogP) is 5.12.